The molecule has 1 aliphatic rings. The Bertz CT molecular complexity index is 866. The van der Waals surface area contributed by atoms with Crippen molar-refractivity contribution in [1.29, 1.82) is 0 Å². The highest BCUT2D eigenvalue weighted by molar-refractivity contribution is 6.03. The maximum Gasteiger partial charge on any atom is 0.227 e. The largest absolute Gasteiger partial charge is 0.472 e. The van der Waals surface area contributed by atoms with Crippen molar-refractivity contribution in [3.63, 3.8) is 0 Å². The Morgan fingerprint density at radius 1 is 0.957 bits per heavy atom. The first-order valence-electron chi connectivity index (χ1n) is 7.82. The monoisotopic (exact) mass is 303 g/mol. The first-order valence-corrected chi connectivity index (χ1v) is 7.82. The minimum Gasteiger partial charge on any atom is -0.472 e. The molecule has 1 atom stereocenters. The summed E-state index contributed by atoms with van der Waals surface area (Å²) in [7, 11) is 0. The lowest BCUT2D eigenvalue weighted by Crippen LogP contribution is -2.41. The van der Waals surface area contributed by atoms with Crippen LogP contribution in [0.2, 0.25) is 0 Å². The maximum atomic E-state index is 13.4. The highest BCUT2D eigenvalue weighted by Gasteiger charge is 2.45. The Kier molecular flexibility index (Phi) is 3.08. The van der Waals surface area contributed by atoms with E-state index >= 15 is 0 Å². The molecule has 2 aromatic carbocycles. The number of ether oxygens (including phenoxy) is 1. The number of rotatable bonds is 2. The van der Waals surface area contributed by atoms with Crippen LogP contribution in [0.1, 0.15) is 29.4 Å². The molecule has 2 heterocycles. The summed E-state index contributed by atoms with van der Waals surface area (Å²) in [6.45, 7) is 1.99. The summed E-state index contributed by atoms with van der Waals surface area (Å²) in [5.74, 6) is 0.717. The second-order valence-electron chi connectivity index (χ2n) is 5.71. The number of carbonyl (C=O) groups is 1. The van der Waals surface area contributed by atoms with Crippen molar-refractivity contribution >= 4 is 5.78 Å². The summed E-state index contributed by atoms with van der Waals surface area (Å²) < 4.78 is 8.28. The number of carbonyl (C=O) groups excluding carboxylic acids is 1. The van der Waals surface area contributed by atoms with Crippen LogP contribution in [-0.2, 0) is 5.60 Å². The van der Waals surface area contributed by atoms with Crippen LogP contribution in [-0.4, -0.2) is 10.4 Å². The van der Waals surface area contributed by atoms with Crippen LogP contribution in [0.5, 0.6) is 5.75 Å². The van der Waals surface area contributed by atoms with Crippen LogP contribution in [0, 0.1) is 0 Å². The van der Waals surface area contributed by atoms with Crippen molar-refractivity contribution in [1.82, 2.24) is 4.57 Å². The quantitative estimate of drug-likeness (QED) is 0.704. The first-order chi connectivity index (χ1) is 11.3. The lowest BCUT2D eigenvalue weighted by atomic mass is 9.85. The van der Waals surface area contributed by atoms with Gasteiger partial charge in [-0.2, -0.15) is 0 Å². The average molecular weight is 303 g/mol. The molecular formula is C20H17NO2. The van der Waals surface area contributed by atoms with Crippen molar-refractivity contribution in [3.8, 4) is 11.4 Å². The number of para-hydroxylation sites is 2. The Morgan fingerprint density at radius 2 is 1.70 bits per heavy atom. The van der Waals surface area contributed by atoms with Gasteiger partial charge in [0, 0.05) is 11.8 Å². The average Bonchev–Trinajstić information content (AvgIpc) is 3.06. The van der Waals surface area contributed by atoms with Gasteiger partial charge in [-0.1, -0.05) is 49.4 Å². The molecule has 3 aromatic rings. The van der Waals surface area contributed by atoms with Gasteiger partial charge in [-0.3, -0.25) is 4.79 Å². The predicted molar refractivity (Wildman–Crippen MR) is 89.1 cm³/mol. The lowest BCUT2D eigenvalue weighted by Gasteiger charge is -2.31. The second-order valence-corrected chi connectivity index (χ2v) is 5.71. The molecule has 23 heavy (non-hydrogen) atoms. The molecule has 4 rings (SSSR count). The van der Waals surface area contributed by atoms with Gasteiger partial charge in [0.1, 0.15) is 5.75 Å². The van der Waals surface area contributed by atoms with E-state index in [1.54, 1.807) is 0 Å². The predicted octanol–water partition coefficient (Wildman–Crippen LogP) is 4.36. The van der Waals surface area contributed by atoms with Crippen LogP contribution >= 0.6 is 0 Å². The Labute approximate surface area is 135 Å². The Balaban J connectivity index is 2.02. The number of benzene rings is 2. The molecule has 0 N–H and O–H groups in total. The molecule has 0 saturated heterocycles. The van der Waals surface area contributed by atoms with Crippen LogP contribution < -0.4 is 4.74 Å². The molecule has 0 unspecified atom stereocenters. The van der Waals surface area contributed by atoms with Gasteiger partial charge in [-0.25, -0.2) is 0 Å². The molecule has 0 fully saturated rings. The molecule has 3 heteroatoms. The number of ketones is 1. The Hall–Kier alpha value is -2.81. The number of hydrogen-bond acceptors (Lipinski definition) is 2. The van der Waals surface area contributed by atoms with E-state index in [0.29, 0.717) is 12.1 Å². The van der Waals surface area contributed by atoms with Crippen LogP contribution in [0.3, 0.4) is 0 Å². The van der Waals surface area contributed by atoms with Gasteiger partial charge in [-0.15, -0.1) is 0 Å². The van der Waals surface area contributed by atoms with E-state index in [2.05, 4.69) is 0 Å². The second kappa shape index (κ2) is 5.13. The Morgan fingerprint density at radius 3 is 2.48 bits per heavy atom. The number of nitrogens with zero attached hydrogens (tertiary/aromatic N) is 1. The van der Waals surface area contributed by atoms with Crippen molar-refractivity contribution in [3.05, 3.63) is 84.2 Å². The van der Waals surface area contributed by atoms with Gasteiger partial charge in [-0.05, 0) is 30.7 Å². The summed E-state index contributed by atoms with van der Waals surface area (Å²) in [6.07, 6.45) is 2.47. The highest BCUT2D eigenvalue weighted by atomic mass is 16.5. The topological polar surface area (TPSA) is 31.2 Å². The zero-order valence-corrected chi connectivity index (χ0v) is 12.9. The molecule has 3 nitrogen and oxygen atoms in total. The number of Topliss-reactive ketones (excluding diaryl/α,β-unsaturated/α-hetero) is 1. The number of fused-ring (bicyclic) bond motifs is 3. The SMILES string of the molecule is CC[C@@]1(c2ccccc2)Oc2ccccc2-n2cccc2C1=O. The van der Waals surface area contributed by atoms with Gasteiger partial charge in [0.25, 0.3) is 0 Å². The number of aromatic nitrogens is 1. The normalized spacial score (nSPS) is 19.4. The zero-order valence-electron chi connectivity index (χ0n) is 12.9. The first kappa shape index (κ1) is 13.8. The van der Waals surface area contributed by atoms with Gasteiger partial charge in [0.15, 0.2) is 5.60 Å². The molecule has 1 aromatic heterocycles. The molecule has 0 amide bonds. The van der Waals surface area contributed by atoms with Gasteiger partial charge in [0.2, 0.25) is 5.78 Å². The third-order valence-corrected chi connectivity index (χ3v) is 4.50. The summed E-state index contributed by atoms with van der Waals surface area (Å²) >= 11 is 0. The highest BCUT2D eigenvalue weighted by Crippen LogP contribution is 2.40. The third-order valence-electron chi connectivity index (χ3n) is 4.50. The summed E-state index contributed by atoms with van der Waals surface area (Å²) in [4.78, 5) is 13.4. The van der Waals surface area contributed by atoms with E-state index in [1.165, 1.54) is 0 Å². The van der Waals surface area contributed by atoms with Crippen molar-refractivity contribution in [2.75, 3.05) is 0 Å². The molecule has 0 aliphatic carbocycles. The molecule has 114 valence electrons. The van der Waals surface area contributed by atoms with E-state index in [0.717, 1.165) is 17.0 Å². The molecule has 0 radical (unpaired) electrons. The summed E-state index contributed by atoms with van der Waals surface area (Å²) in [6, 6.07) is 21.3. The van der Waals surface area contributed by atoms with Crippen LogP contribution in [0.25, 0.3) is 5.69 Å². The minimum atomic E-state index is -0.996. The smallest absolute Gasteiger partial charge is 0.227 e. The van der Waals surface area contributed by atoms with E-state index in [9.17, 15) is 4.79 Å². The third kappa shape index (κ3) is 1.93. The van der Waals surface area contributed by atoms with E-state index in [4.69, 9.17) is 4.74 Å². The summed E-state index contributed by atoms with van der Waals surface area (Å²) in [5, 5.41) is 0. The zero-order chi connectivity index (χ0) is 15.9. The van der Waals surface area contributed by atoms with Gasteiger partial charge in [0.05, 0.1) is 11.4 Å². The van der Waals surface area contributed by atoms with Crippen LogP contribution in [0.4, 0.5) is 0 Å². The van der Waals surface area contributed by atoms with Gasteiger partial charge < -0.3 is 9.30 Å². The van der Waals surface area contributed by atoms with Crippen molar-refractivity contribution < 1.29 is 9.53 Å². The standard InChI is InChI=1S/C20H17NO2/c1-2-20(15-9-4-3-5-10-15)19(22)17-12-8-14-21(17)16-11-6-7-13-18(16)23-20/h3-14H,2H2,1H3/t20-/m0/s1. The fourth-order valence-corrected chi connectivity index (χ4v) is 3.29. The minimum absolute atomic E-state index is 0.00704. The van der Waals surface area contributed by atoms with E-state index in [-0.39, 0.29) is 5.78 Å². The molecule has 0 saturated carbocycles. The fourth-order valence-electron chi connectivity index (χ4n) is 3.29. The summed E-state index contributed by atoms with van der Waals surface area (Å²) in [5.41, 5.74) is 1.44. The van der Waals surface area contributed by atoms with Gasteiger partial charge >= 0.3 is 0 Å². The van der Waals surface area contributed by atoms with E-state index in [1.807, 2.05) is 84.4 Å². The number of hydrogen-bond donors (Lipinski definition) is 0. The lowest BCUT2D eigenvalue weighted by molar-refractivity contribution is 0.0424. The fraction of sp³-hybridized carbons (Fsp3) is 0.150. The molecule has 0 spiro atoms. The van der Waals surface area contributed by atoms with Crippen molar-refractivity contribution in [2.45, 2.75) is 18.9 Å². The molecule has 0 bridgehead atoms. The molecular weight excluding hydrogens is 286 g/mol. The van der Waals surface area contributed by atoms with E-state index < -0.39 is 5.60 Å². The van der Waals surface area contributed by atoms with Crippen LogP contribution in [0.15, 0.2) is 72.9 Å². The van der Waals surface area contributed by atoms with Crippen molar-refractivity contribution in [2.24, 2.45) is 0 Å². The molecule has 1 aliphatic heterocycles. The maximum absolute atomic E-state index is 13.4.